The van der Waals surface area contributed by atoms with E-state index in [0.29, 0.717) is 50.1 Å². The molecule has 7 heteroatoms. The van der Waals surface area contributed by atoms with E-state index in [2.05, 4.69) is 4.98 Å². The first-order valence-corrected chi connectivity index (χ1v) is 8.10. The van der Waals surface area contributed by atoms with Crippen LogP contribution in [-0.4, -0.2) is 48.7 Å². The van der Waals surface area contributed by atoms with Crippen LogP contribution in [0.5, 0.6) is 5.88 Å². The minimum absolute atomic E-state index is 0.102. The number of likely N-dealkylation sites (tertiary alicyclic amines) is 1. The molecule has 0 N–H and O–H groups in total. The number of pyridine rings is 1. The molecule has 4 heterocycles. The number of hydrogen-bond acceptors (Lipinski definition) is 6. The minimum Gasteiger partial charge on any atom is -0.477 e. The third-order valence-corrected chi connectivity index (χ3v) is 4.91. The van der Waals surface area contributed by atoms with E-state index in [-0.39, 0.29) is 17.2 Å². The number of amides is 1. The Kier molecular flexibility index (Phi) is 3.90. The Bertz CT molecular complexity index is 797. The van der Waals surface area contributed by atoms with Gasteiger partial charge in [-0.1, -0.05) is 0 Å². The number of carbonyl (C=O) groups is 1. The zero-order valence-electron chi connectivity index (χ0n) is 13.6. The zero-order chi connectivity index (χ0) is 17.3. The van der Waals surface area contributed by atoms with Crippen LogP contribution < -0.4 is 4.74 Å². The summed E-state index contributed by atoms with van der Waals surface area (Å²) in [7, 11) is 0. The molecule has 0 spiro atoms. The Morgan fingerprint density at radius 2 is 2.40 bits per heavy atom. The largest absolute Gasteiger partial charge is 0.477 e. The summed E-state index contributed by atoms with van der Waals surface area (Å²) in [4.78, 5) is 18.5. The molecule has 0 aromatic carbocycles. The molecule has 0 aliphatic carbocycles. The van der Waals surface area contributed by atoms with Gasteiger partial charge >= 0.3 is 0 Å². The number of hydrogen-bond donors (Lipinski definition) is 0. The maximum atomic E-state index is 12.5. The van der Waals surface area contributed by atoms with Crippen LogP contribution in [0, 0.1) is 22.7 Å². The van der Waals surface area contributed by atoms with Crippen LogP contribution in [0.25, 0.3) is 0 Å². The molecule has 2 atom stereocenters. The van der Waals surface area contributed by atoms with Gasteiger partial charge in [-0.05, 0) is 18.2 Å². The summed E-state index contributed by atoms with van der Waals surface area (Å²) in [5.41, 5.74) is 0.251. The van der Waals surface area contributed by atoms with Crippen molar-refractivity contribution in [1.29, 1.82) is 5.26 Å². The SMILES string of the molecule is N#Cc1ccc(OC[C@]23COC[C@H]2CN(C(=O)c2ccco2)C3)nc1. The van der Waals surface area contributed by atoms with Crippen LogP contribution in [0.3, 0.4) is 0 Å². The summed E-state index contributed by atoms with van der Waals surface area (Å²) in [5.74, 6) is 0.945. The first-order valence-electron chi connectivity index (χ1n) is 8.10. The van der Waals surface area contributed by atoms with Crippen molar-refractivity contribution in [3.05, 3.63) is 48.0 Å². The average Bonchev–Trinajstić information content (AvgIpc) is 3.35. The van der Waals surface area contributed by atoms with Gasteiger partial charge in [0.15, 0.2) is 5.76 Å². The second kappa shape index (κ2) is 6.22. The first kappa shape index (κ1) is 15.7. The van der Waals surface area contributed by atoms with Crippen molar-refractivity contribution in [3.8, 4) is 11.9 Å². The van der Waals surface area contributed by atoms with E-state index in [4.69, 9.17) is 19.2 Å². The highest BCUT2D eigenvalue weighted by atomic mass is 16.5. The molecule has 0 saturated carbocycles. The van der Waals surface area contributed by atoms with Crippen molar-refractivity contribution in [2.75, 3.05) is 32.9 Å². The molecule has 7 nitrogen and oxygen atoms in total. The maximum Gasteiger partial charge on any atom is 0.289 e. The Morgan fingerprint density at radius 3 is 3.12 bits per heavy atom. The number of aromatic nitrogens is 1. The molecule has 1 amide bonds. The standard InChI is InChI=1S/C18H17N3O4/c19-6-13-3-4-16(20-7-13)25-12-18-10-21(8-14(18)9-23-11-18)17(22)15-2-1-5-24-15/h1-5,7,14H,8-12H2/t14-,18+/m1/s1. The molecule has 0 unspecified atom stereocenters. The summed E-state index contributed by atoms with van der Waals surface area (Å²) >= 11 is 0. The molecular formula is C18H17N3O4. The maximum absolute atomic E-state index is 12.5. The number of rotatable bonds is 4. The Hall–Kier alpha value is -2.85. The van der Waals surface area contributed by atoms with E-state index >= 15 is 0 Å². The third-order valence-electron chi connectivity index (χ3n) is 4.91. The Morgan fingerprint density at radius 1 is 1.48 bits per heavy atom. The van der Waals surface area contributed by atoms with Crippen molar-refractivity contribution in [3.63, 3.8) is 0 Å². The number of fused-ring (bicyclic) bond motifs is 1. The van der Waals surface area contributed by atoms with Gasteiger partial charge < -0.3 is 18.8 Å². The minimum atomic E-state index is -0.238. The van der Waals surface area contributed by atoms with Gasteiger partial charge in [0.25, 0.3) is 5.91 Å². The molecule has 2 fully saturated rings. The van der Waals surface area contributed by atoms with Crippen LogP contribution in [0.2, 0.25) is 0 Å². The second-order valence-electron chi connectivity index (χ2n) is 6.52. The zero-order valence-corrected chi connectivity index (χ0v) is 13.6. The number of nitrogens with zero attached hydrogens (tertiary/aromatic N) is 3. The number of ether oxygens (including phenoxy) is 2. The van der Waals surface area contributed by atoms with Crippen LogP contribution in [0.1, 0.15) is 16.1 Å². The molecular weight excluding hydrogens is 322 g/mol. The number of carbonyl (C=O) groups excluding carboxylic acids is 1. The summed E-state index contributed by atoms with van der Waals surface area (Å²) in [6, 6.07) is 8.77. The molecule has 2 saturated heterocycles. The summed E-state index contributed by atoms with van der Waals surface area (Å²) in [5, 5.41) is 8.82. The van der Waals surface area contributed by atoms with Crippen molar-refractivity contribution in [2.45, 2.75) is 0 Å². The predicted octanol–water partition coefficient (Wildman–Crippen LogP) is 1.71. The second-order valence-corrected chi connectivity index (χ2v) is 6.52. The van der Waals surface area contributed by atoms with E-state index in [1.54, 1.807) is 24.3 Å². The van der Waals surface area contributed by atoms with Gasteiger partial charge in [0, 0.05) is 31.3 Å². The van der Waals surface area contributed by atoms with Gasteiger partial charge in [-0.25, -0.2) is 4.98 Å². The van der Waals surface area contributed by atoms with Crippen molar-refractivity contribution in [2.24, 2.45) is 11.3 Å². The molecule has 0 bridgehead atoms. The summed E-state index contributed by atoms with van der Waals surface area (Å²) in [6.45, 7) is 2.78. The smallest absolute Gasteiger partial charge is 0.289 e. The van der Waals surface area contributed by atoms with E-state index in [1.807, 2.05) is 11.0 Å². The molecule has 25 heavy (non-hydrogen) atoms. The van der Waals surface area contributed by atoms with E-state index < -0.39 is 0 Å². The van der Waals surface area contributed by atoms with Crippen molar-refractivity contribution in [1.82, 2.24) is 9.88 Å². The average molecular weight is 339 g/mol. The topological polar surface area (TPSA) is 88.6 Å². The van der Waals surface area contributed by atoms with Gasteiger partial charge in [0.1, 0.15) is 6.07 Å². The molecule has 2 aromatic heterocycles. The Labute approximate surface area is 144 Å². The van der Waals surface area contributed by atoms with Crippen LogP contribution in [0.15, 0.2) is 41.1 Å². The number of nitriles is 1. The van der Waals surface area contributed by atoms with Crippen molar-refractivity contribution < 1.29 is 18.7 Å². The predicted molar refractivity (Wildman–Crippen MR) is 85.8 cm³/mol. The highest BCUT2D eigenvalue weighted by Crippen LogP contribution is 2.42. The Balaban J connectivity index is 1.45. The van der Waals surface area contributed by atoms with Gasteiger partial charge in [-0.3, -0.25) is 4.79 Å². The number of furan rings is 1. The molecule has 2 aromatic rings. The van der Waals surface area contributed by atoms with Gasteiger partial charge in [0.2, 0.25) is 5.88 Å². The fourth-order valence-electron chi connectivity index (χ4n) is 3.50. The molecule has 2 aliphatic heterocycles. The molecule has 4 rings (SSSR count). The normalized spacial score (nSPS) is 24.8. The lowest BCUT2D eigenvalue weighted by Crippen LogP contribution is -2.38. The van der Waals surface area contributed by atoms with Crippen LogP contribution in [0.4, 0.5) is 0 Å². The molecule has 2 aliphatic rings. The molecule has 0 radical (unpaired) electrons. The highest BCUT2D eigenvalue weighted by Gasteiger charge is 2.52. The third kappa shape index (κ3) is 2.85. The lowest BCUT2D eigenvalue weighted by molar-refractivity contribution is 0.0630. The van der Waals surface area contributed by atoms with Gasteiger partial charge in [-0.15, -0.1) is 0 Å². The van der Waals surface area contributed by atoms with Gasteiger partial charge in [-0.2, -0.15) is 5.26 Å². The lowest BCUT2D eigenvalue weighted by Gasteiger charge is -2.26. The summed E-state index contributed by atoms with van der Waals surface area (Å²) in [6.07, 6.45) is 2.99. The van der Waals surface area contributed by atoms with Crippen LogP contribution in [-0.2, 0) is 4.74 Å². The monoisotopic (exact) mass is 339 g/mol. The quantitative estimate of drug-likeness (QED) is 0.842. The fourth-order valence-corrected chi connectivity index (χ4v) is 3.50. The fraction of sp³-hybridized carbons (Fsp3) is 0.389. The van der Waals surface area contributed by atoms with Crippen molar-refractivity contribution >= 4 is 5.91 Å². The summed E-state index contributed by atoms with van der Waals surface area (Å²) < 4.78 is 16.7. The van der Waals surface area contributed by atoms with E-state index in [0.717, 1.165) is 0 Å². The van der Waals surface area contributed by atoms with Gasteiger partial charge in [0.05, 0.1) is 37.1 Å². The molecule has 128 valence electrons. The first-order chi connectivity index (χ1) is 12.2. The van der Waals surface area contributed by atoms with E-state index in [1.165, 1.54) is 12.5 Å². The van der Waals surface area contributed by atoms with E-state index in [9.17, 15) is 4.79 Å². The highest BCUT2D eigenvalue weighted by molar-refractivity contribution is 5.91. The van der Waals surface area contributed by atoms with Crippen LogP contribution >= 0.6 is 0 Å². The lowest BCUT2D eigenvalue weighted by atomic mass is 9.82.